The molecule has 1 aliphatic heterocycles. The van der Waals surface area contributed by atoms with E-state index in [9.17, 15) is 13.2 Å². The summed E-state index contributed by atoms with van der Waals surface area (Å²) in [6.07, 6.45) is 4.59. The summed E-state index contributed by atoms with van der Waals surface area (Å²) in [6.45, 7) is 0.958. The van der Waals surface area contributed by atoms with Gasteiger partial charge in [0.05, 0.1) is 17.7 Å². The van der Waals surface area contributed by atoms with Crippen LogP contribution < -0.4 is 10.6 Å². The molecule has 0 saturated carbocycles. The van der Waals surface area contributed by atoms with Crippen LogP contribution in [0.3, 0.4) is 0 Å². The van der Waals surface area contributed by atoms with Crippen molar-refractivity contribution >= 4 is 15.7 Å². The van der Waals surface area contributed by atoms with Gasteiger partial charge in [0, 0.05) is 38.8 Å². The molecule has 1 amide bonds. The van der Waals surface area contributed by atoms with Gasteiger partial charge in [-0.3, -0.25) is 9.48 Å². The molecule has 2 heterocycles. The van der Waals surface area contributed by atoms with Crippen LogP contribution in [0.1, 0.15) is 12.0 Å². The summed E-state index contributed by atoms with van der Waals surface area (Å²) in [7, 11) is -1.15. The van der Waals surface area contributed by atoms with Gasteiger partial charge in [-0.2, -0.15) is 5.10 Å². The Morgan fingerprint density at radius 3 is 3.05 bits per heavy atom. The Morgan fingerprint density at radius 1 is 1.60 bits per heavy atom. The average Bonchev–Trinajstić information content (AvgIpc) is 2.73. The molecule has 1 aromatic rings. The summed E-state index contributed by atoms with van der Waals surface area (Å²) in [5.41, 5.74) is 1.06. The highest BCUT2D eigenvalue weighted by molar-refractivity contribution is 7.91. The van der Waals surface area contributed by atoms with Gasteiger partial charge in [-0.1, -0.05) is 0 Å². The smallest absolute Gasteiger partial charge is 0.221 e. The van der Waals surface area contributed by atoms with Crippen LogP contribution in [0.25, 0.3) is 0 Å². The fourth-order valence-electron chi connectivity index (χ4n) is 2.24. The predicted molar refractivity (Wildman–Crippen MR) is 75.0 cm³/mol. The fraction of sp³-hybridized carbons (Fsp3) is 0.667. The van der Waals surface area contributed by atoms with Crippen LogP contribution >= 0.6 is 0 Å². The van der Waals surface area contributed by atoms with Crippen LogP contribution in [-0.4, -0.2) is 54.7 Å². The molecule has 0 radical (unpaired) electrons. The van der Waals surface area contributed by atoms with Crippen molar-refractivity contribution in [2.75, 3.05) is 24.6 Å². The number of rotatable bonds is 5. The molecule has 0 spiro atoms. The van der Waals surface area contributed by atoms with Crippen molar-refractivity contribution in [2.45, 2.75) is 18.9 Å². The zero-order valence-corrected chi connectivity index (χ0v) is 12.3. The molecule has 112 valence electrons. The van der Waals surface area contributed by atoms with E-state index >= 15 is 0 Å². The number of nitrogens with one attached hydrogen (secondary N) is 2. The van der Waals surface area contributed by atoms with Gasteiger partial charge in [0.1, 0.15) is 0 Å². The maximum atomic E-state index is 11.8. The highest BCUT2D eigenvalue weighted by atomic mass is 32.2. The van der Waals surface area contributed by atoms with E-state index in [1.54, 1.807) is 10.9 Å². The van der Waals surface area contributed by atoms with Crippen LogP contribution in [-0.2, 0) is 28.1 Å². The van der Waals surface area contributed by atoms with E-state index in [-0.39, 0.29) is 29.9 Å². The minimum absolute atomic E-state index is 0.0447. The molecule has 1 fully saturated rings. The summed E-state index contributed by atoms with van der Waals surface area (Å²) in [6, 6.07) is -0.271. The number of hydrogen-bond donors (Lipinski definition) is 2. The minimum Gasteiger partial charge on any atom is -0.356 e. The van der Waals surface area contributed by atoms with Gasteiger partial charge in [0.2, 0.25) is 5.91 Å². The molecule has 1 atom stereocenters. The molecule has 1 unspecified atom stereocenters. The molecule has 0 aromatic carbocycles. The first kappa shape index (κ1) is 15.0. The first-order valence-corrected chi connectivity index (χ1v) is 8.45. The number of carbonyl (C=O) groups excluding carboxylic acids is 1. The zero-order valence-electron chi connectivity index (χ0n) is 11.5. The van der Waals surface area contributed by atoms with E-state index in [0.29, 0.717) is 13.1 Å². The van der Waals surface area contributed by atoms with E-state index in [1.807, 2.05) is 13.2 Å². The SMILES string of the molecule is Cn1cc(CCNC(=O)CC2CS(=O)(=O)CCN2)cn1. The van der Waals surface area contributed by atoms with Gasteiger partial charge < -0.3 is 10.6 Å². The summed E-state index contributed by atoms with van der Waals surface area (Å²) in [4.78, 5) is 11.8. The molecule has 8 heteroatoms. The van der Waals surface area contributed by atoms with E-state index in [4.69, 9.17) is 0 Å². The second kappa shape index (κ2) is 6.36. The van der Waals surface area contributed by atoms with Crippen LogP contribution in [0.4, 0.5) is 0 Å². The number of sulfone groups is 1. The first-order chi connectivity index (χ1) is 9.44. The standard InChI is InChI=1S/C12H20N4O3S/c1-16-8-10(7-15-16)2-3-14-12(17)6-11-9-20(18,19)5-4-13-11/h7-8,11,13H,2-6,9H2,1H3,(H,14,17). The molecule has 1 aliphatic rings. The molecule has 2 N–H and O–H groups in total. The quantitative estimate of drug-likeness (QED) is 0.717. The van der Waals surface area contributed by atoms with Gasteiger partial charge >= 0.3 is 0 Å². The van der Waals surface area contributed by atoms with Crippen molar-refractivity contribution in [1.29, 1.82) is 0 Å². The maximum Gasteiger partial charge on any atom is 0.221 e. The van der Waals surface area contributed by atoms with Gasteiger partial charge in [0.25, 0.3) is 0 Å². The Morgan fingerprint density at radius 2 is 2.40 bits per heavy atom. The van der Waals surface area contributed by atoms with Crippen LogP contribution in [0.2, 0.25) is 0 Å². The van der Waals surface area contributed by atoms with E-state index in [1.165, 1.54) is 0 Å². The van der Waals surface area contributed by atoms with E-state index in [2.05, 4.69) is 15.7 Å². The summed E-state index contributed by atoms with van der Waals surface area (Å²) >= 11 is 0. The average molecular weight is 300 g/mol. The van der Waals surface area contributed by atoms with Crippen molar-refractivity contribution in [3.05, 3.63) is 18.0 Å². The molecule has 7 nitrogen and oxygen atoms in total. The third-order valence-corrected chi connectivity index (χ3v) is 4.96. The highest BCUT2D eigenvalue weighted by Crippen LogP contribution is 2.05. The van der Waals surface area contributed by atoms with Crippen LogP contribution in [0, 0.1) is 0 Å². The van der Waals surface area contributed by atoms with Crippen LogP contribution in [0.5, 0.6) is 0 Å². The lowest BCUT2D eigenvalue weighted by Gasteiger charge is -2.23. The molecular formula is C12H20N4O3S. The number of carbonyl (C=O) groups is 1. The van der Waals surface area contributed by atoms with Crippen molar-refractivity contribution in [3.8, 4) is 0 Å². The number of aryl methyl sites for hydroxylation is 1. The van der Waals surface area contributed by atoms with Crippen molar-refractivity contribution in [3.63, 3.8) is 0 Å². The molecule has 20 heavy (non-hydrogen) atoms. The predicted octanol–water partition coefficient (Wildman–Crippen LogP) is -1.14. The molecular weight excluding hydrogens is 280 g/mol. The minimum atomic E-state index is -2.99. The Hall–Kier alpha value is -1.41. The Bertz CT molecular complexity index is 567. The second-order valence-electron chi connectivity index (χ2n) is 5.09. The monoisotopic (exact) mass is 300 g/mol. The van der Waals surface area contributed by atoms with Gasteiger partial charge in [-0.15, -0.1) is 0 Å². The molecule has 0 aliphatic carbocycles. The maximum absolute atomic E-state index is 11.8. The largest absolute Gasteiger partial charge is 0.356 e. The number of nitrogens with zero attached hydrogens (tertiary/aromatic N) is 2. The Labute approximate surface area is 118 Å². The third-order valence-electron chi connectivity index (χ3n) is 3.23. The Balaban J connectivity index is 1.70. The molecule has 2 rings (SSSR count). The van der Waals surface area contributed by atoms with Crippen molar-refractivity contribution in [1.82, 2.24) is 20.4 Å². The van der Waals surface area contributed by atoms with E-state index < -0.39 is 9.84 Å². The second-order valence-corrected chi connectivity index (χ2v) is 7.32. The third kappa shape index (κ3) is 4.61. The summed E-state index contributed by atoms with van der Waals surface area (Å²) in [5.74, 6) is 0.0818. The van der Waals surface area contributed by atoms with Gasteiger partial charge in [-0.25, -0.2) is 8.42 Å². The number of amides is 1. The molecule has 0 bridgehead atoms. The Kier molecular flexibility index (Phi) is 4.77. The van der Waals surface area contributed by atoms with E-state index in [0.717, 1.165) is 12.0 Å². The topological polar surface area (TPSA) is 93.1 Å². The highest BCUT2D eigenvalue weighted by Gasteiger charge is 2.25. The van der Waals surface area contributed by atoms with Crippen molar-refractivity contribution < 1.29 is 13.2 Å². The molecule has 1 saturated heterocycles. The van der Waals surface area contributed by atoms with Gasteiger partial charge in [-0.05, 0) is 12.0 Å². The van der Waals surface area contributed by atoms with Crippen LogP contribution in [0.15, 0.2) is 12.4 Å². The number of aromatic nitrogens is 2. The lowest BCUT2D eigenvalue weighted by Crippen LogP contribution is -2.47. The first-order valence-electron chi connectivity index (χ1n) is 6.63. The van der Waals surface area contributed by atoms with Crippen molar-refractivity contribution in [2.24, 2.45) is 7.05 Å². The lowest BCUT2D eigenvalue weighted by atomic mass is 10.2. The lowest BCUT2D eigenvalue weighted by molar-refractivity contribution is -0.121. The molecule has 1 aromatic heterocycles. The van der Waals surface area contributed by atoms with Gasteiger partial charge in [0.15, 0.2) is 9.84 Å². The normalized spacial score (nSPS) is 21.6. The summed E-state index contributed by atoms with van der Waals surface area (Å²) < 4.78 is 24.6. The number of hydrogen-bond acceptors (Lipinski definition) is 5. The fourth-order valence-corrected chi connectivity index (χ4v) is 3.69. The zero-order chi connectivity index (χ0) is 14.6. The summed E-state index contributed by atoms with van der Waals surface area (Å²) in [5, 5.41) is 9.92.